The minimum Gasteiger partial charge on any atom is -0.370 e. The first-order chi connectivity index (χ1) is 8.63. The lowest BCUT2D eigenvalue weighted by atomic mass is 10.1. The number of amides is 1. The van der Waals surface area contributed by atoms with Gasteiger partial charge in [-0.05, 0) is 37.8 Å². The van der Waals surface area contributed by atoms with Gasteiger partial charge in [0.15, 0.2) is 0 Å². The van der Waals surface area contributed by atoms with Crippen molar-refractivity contribution in [2.24, 2.45) is 5.92 Å². The smallest absolute Gasteiger partial charge is 0.269 e. The van der Waals surface area contributed by atoms with E-state index < -0.39 is 0 Å². The molecule has 0 aliphatic carbocycles. The molecule has 0 bridgehead atoms. The van der Waals surface area contributed by atoms with Crippen molar-refractivity contribution in [2.45, 2.75) is 33.6 Å². The number of carbonyl (C=O) groups excluding carboxylic acids is 1. The molecule has 0 atom stereocenters. The Morgan fingerprint density at radius 3 is 2.83 bits per heavy atom. The maximum Gasteiger partial charge on any atom is 0.269 e. The van der Waals surface area contributed by atoms with Crippen LogP contribution < -0.4 is 10.6 Å². The fraction of sp³-hybridized carbons (Fsp3) is 0.571. The monoisotopic (exact) mass is 249 g/mol. The van der Waals surface area contributed by atoms with Crippen molar-refractivity contribution in [3.05, 3.63) is 23.9 Å². The molecule has 0 fully saturated rings. The van der Waals surface area contributed by atoms with Crippen LogP contribution in [0, 0.1) is 5.92 Å². The molecule has 1 aromatic rings. The molecule has 1 rings (SSSR count). The lowest BCUT2D eigenvalue weighted by Gasteiger charge is -2.08. The number of hydrogen-bond donors (Lipinski definition) is 2. The summed E-state index contributed by atoms with van der Waals surface area (Å²) >= 11 is 0. The zero-order chi connectivity index (χ0) is 13.4. The second-order valence-corrected chi connectivity index (χ2v) is 4.73. The first kappa shape index (κ1) is 14.5. The van der Waals surface area contributed by atoms with Crippen LogP contribution in [0.3, 0.4) is 0 Å². The van der Waals surface area contributed by atoms with Crippen molar-refractivity contribution in [1.82, 2.24) is 10.3 Å². The van der Waals surface area contributed by atoms with Gasteiger partial charge in [-0.15, -0.1) is 0 Å². The van der Waals surface area contributed by atoms with Crippen LogP contribution in [0.25, 0.3) is 0 Å². The summed E-state index contributed by atoms with van der Waals surface area (Å²) in [6.45, 7) is 7.88. The Kier molecular flexibility index (Phi) is 6.19. The van der Waals surface area contributed by atoms with E-state index in [0.717, 1.165) is 25.2 Å². The molecule has 0 unspecified atom stereocenters. The Bertz CT molecular complexity index is 377. The lowest BCUT2D eigenvalue weighted by Crippen LogP contribution is -2.25. The van der Waals surface area contributed by atoms with Crippen LogP contribution in [0.1, 0.15) is 44.1 Å². The van der Waals surface area contributed by atoms with Gasteiger partial charge >= 0.3 is 0 Å². The van der Waals surface area contributed by atoms with Crippen LogP contribution in [0.5, 0.6) is 0 Å². The SMILES string of the molecule is CCNc1cccc(C(=O)NCCCC(C)C)n1. The van der Waals surface area contributed by atoms with Gasteiger partial charge in [0, 0.05) is 13.1 Å². The first-order valence-electron chi connectivity index (χ1n) is 6.62. The van der Waals surface area contributed by atoms with Crippen LogP contribution in [-0.4, -0.2) is 24.0 Å². The van der Waals surface area contributed by atoms with Crippen LogP contribution in [0.15, 0.2) is 18.2 Å². The van der Waals surface area contributed by atoms with Gasteiger partial charge in [0.25, 0.3) is 5.91 Å². The molecule has 0 aliphatic heterocycles. The normalized spacial score (nSPS) is 10.4. The number of rotatable bonds is 7. The number of hydrogen-bond acceptors (Lipinski definition) is 3. The number of carbonyl (C=O) groups is 1. The molecule has 0 spiro atoms. The van der Waals surface area contributed by atoms with E-state index >= 15 is 0 Å². The van der Waals surface area contributed by atoms with Crippen molar-refractivity contribution in [3.63, 3.8) is 0 Å². The topological polar surface area (TPSA) is 54.0 Å². The molecule has 1 aromatic heterocycles. The number of nitrogens with zero attached hydrogens (tertiary/aromatic N) is 1. The van der Waals surface area contributed by atoms with E-state index in [4.69, 9.17) is 0 Å². The van der Waals surface area contributed by atoms with Gasteiger partial charge in [-0.3, -0.25) is 4.79 Å². The molecular formula is C14H23N3O. The van der Waals surface area contributed by atoms with Crippen LogP contribution >= 0.6 is 0 Å². The highest BCUT2D eigenvalue weighted by Crippen LogP contribution is 2.05. The molecule has 4 nitrogen and oxygen atoms in total. The predicted molar refractivity (Wildman–Crippen MR) is 74.8 cm³/mol. The Balaban J connectivity index is 2.43. The van der Waals surface area contributed by atoms with Gasteiger partial charge in [-0.25, -0.2) is 4.98 Å². The second kappa shape index (κ2) is 7.69. The molecule has 0 aliphatic rings. The molecule has 2 N–H and O–H groups in total. The fourth-order valence-corrected chi connectivity index (χ4v) is 1.64. The summed E-state index contributed by atoms with van der Waals surface area (Å²) in [6.07, 6.45) is 2.14. The van der Waals surface area contributed by atoms with Crippen LogP contribution in [0.2, 0.25) is 0 Å². The fourth-order valence-electron chi connectivity index (χ4n) is 1.64. The summed E-state index contributed by atoms with van der Waals surface area (Å²) in [7, 11) is 0. The summed E-state index contributed by atoms with van der Waals surface area (Å²) in [6, 6.07) is 5.44. The summed E-state index contributed by atoms with van der Waals surface area (Å²) < 4.78 is 0. The molecule has 0 saturated carbocycles. The van der Waals surface area contributed by atoms with E-state index in [1.54, 1.807) is 6.07 Å². The highest BCUT2D eigenvalue weighted by atomic mass is 16.1. The minimum absolute atomic E-state index is 0.0986. The summed E-state index contributed by atoms with van der Waals surface area (Å²) in [5.74, 6) is 1.32. The largest absolute Gasteiger partial charge is 0.370 e. The van der Waals surface area contributed by atoms with E-state index in [1.807, 2.05) is 19.1 Å². The molecule has 18 heavy (non-hydrogen) atoms. The van der Waals surface area contributed by atoms with E-state index in [1.165, 1.54) is 0 Å². The number of anilines is 1. The highest BCUT2D eigenvalue weighted by Gasteiger charge is 2.07. The molecule has 0 radical (unpaired) electrons. The lowest BCUT2D eigenvalue weighted by molar-refractivity contribution is 0.0947. The molecule has 100 valence electrons. The minimum atomic E-state index is -0.0986. The Labute approximate surface area is 109 Å². The quantitative estimate of drug-likeness (QED) is 0.730. The molecule has 0 aromatic carbocycles. The predicted octanol–water partition coefficient (Wildman–Crippen LogP) is 2.68. The van der Waals surface area contributed by atoms with Gasteiger partial charge in [0.1, 0.15) is 11.5 Å². The third-order valence-electron chi connectivity index (χ3n) is 2.58. The van der Waals surface area contributed by atoms with E-state index in [-0.39, 0.29) is 5.91 Å². The van der Waals surface area contributed by atoms with E-state index in [0.29, 0.717) is 18.2 Å². The Morgan fingerprint density at radius 2 is 2.17 bits per heavy atom. The van der Waals surface area contributed by atoms with Crippen molar-refractivity contribution in [1.29, 1.82) is 0 Å². The van der Waals surface area contributed by atoms with Gasteiger partial charge in [0.2, 0.25) is 0 Å². The van der Waals surface area contributed by atoms with Crippen molar-refractivity contribution in [2.75, 3.05) is 18.4 Å². The molecular weight excluding hydrogens is 226 g/mol. The molecule has 0 saturated heterocycles. The number of aromatic nitrogens is 1. The maximum atomic E-state index is 11.8. The van der Waals surface area contributed by atoms with Crippen LogP contribution in [-0.2, 0) is 0 Å². The molecule has 4 heteroatoms. The third kappa shape index (κ3) is 5.17. The van der Waals surface area contributed by atoms with Crippen molar-refractivity contribution in [3.8, 4) is 0 Å². The number of pyridine rings is 1. The zero-order valence-corrected chi connectivity index (χ0v) is 11.5. The van der Waals surface area contributed by atoms with Crippen LogP contribution in [0.4, 0.5) is 5.82 Å². The molecule has 1 heterocycles. The van der Waals surface area contributed by atoms with Gasteiger partial charge in [-0.2, -0.15) is 0 Å². The van der Waals surface area contributed by atoms with E-state index in [2.05, 4.69) is 29.5 Å². The molecule has 1 amide bonds. The van der Waals surface area contributed by atoms with Crippen molar-refractivity contribution >= 4 is 11.7 Å². The highest BCUT2D eigenvalue weighted by molar-refractivity contribution is 5.92. The van der Waals surface area contributed by atoms with E-state index in [9.17, 15) is 4.79 Å². The Morgan fingerprint density at radius 1 is 1.39 bits per heavy atom. The third-order valence-corrected chi connectivity index (χ3v) is 2.58. The standard InChI is InChI=1S/C14H23N3O/c1-4-15-13-9-5-8-12(17-13)14(18)16-10-6-7-11(2)3/h5,8-9,11H,4,6-7,10H2,1-3H3,(H,15,17)(H,16,18). The maximum absolute atomic E-state index is 11.8. The average Bonchev–Trinajstić information content (AvgIpc) is 2.35. The number of nitrogens with one attached hydrogen (secondary N) is 2. The van der Waals surface area contributed by atoms with Crippen molar-refractivity contribution < 1.29 is 4.79 Å². The zero-order valence-electron chi connectivity index (χ0n) is 11.5. The summed E-state index contributed by atoms with van der Waals surface area (Å²) in [5.41, 5.74) is 0.470. The first-order valence-corrected chi connectivity index (χ1v) is 6.62. The average molecular weight is 249 g/mol. The summed E-state index contributed by atoms with van der Waals surface area (Å²) in [5, 5.41) is 5.99. The second-order valence-electron chi connectivity index (χ2n) is 4.73. The van der Waals surface area contributed by atoms with Gasteiger partial charge in [0.05, 0.1) is 0 Å². The van der Waals surface area contributed by atoms with Gasteiger partial charge < -0.3 is 10.6 Å². The summed E-state index contributed by atoms with van der Waals surface area (Å²) in [4.78, 5) is 16.1. The van der Waals surface area contributed by atoms with Gasteiger partial charge in [-0.1, -0.05) is 19.9 Å². The Hall–Kier alpha value is -1.58.